The number of likely N-dealkylation sites (tertiary alicyclic amines) is 1. The zero-order valence-electron chi connectivity index (χ0n) is 10.6. The molecule has 16 heavy (non-hydrogen) atoms. The quantitative estimate of drug-likeness (QED) is 0.778. The molecule has 0 bridgehead atoms. The molecule has 0 unspecified atom stereocenters. The van der Waals surface area contributed by atoms with Gasteiger partial charge in [-0.05, 0) is 52.7 Å². The van der Waals surface area contributed by atoms with E-state index in [4.69, 9.17) is 0 Å². The van der Waals surface area contributed by atoms with Gasteiger partial charge in [-0.3, -0.25) is 0 Å². The van der Waals surface area contributed by atoms with Crippen LogP contribution in [0.25, 0.3) is 0 Å². The third kappa shape index (κ3) is 2.85. The SMILES string of the molecule is Cc1ncn(CCCN2CCCCC2)c1C. The van der Waals surface area contributed by atoms with Crippen molar-refractivity contribution in [2.24, 2.45) is 0 Å². The molecular weight excluding hydrogens is 198 g/mol. The second-order valence-corrected chi connectivity index (χ2v) is 4.86. The maximum absolute atomic E-state index is 4.33. The Labute approximate surface area is 98.5 Å². The lowest BCUT2D eigenvalue weighted by Crippen LogP contribution is -2.31. The third-order valence-electron chi connectivity index (χ3n) is 3.67. The van der Waals surface area contributed by atoms with Gasteiger partial charge in [0.05, 0.1) is 12.0 Å². The first-order valence-corrected chi connectivity index (χ1v) is 6.48. The van der Waals surface area contributed by atoms with Crippen LogP contribution in [-0.4, -0.2) is 34.1 Å². The highest BCUT2D eigenvalue weighted by Gasteiger charge is 2.09. The second-order valence-electron chi connectivity index (χ2n) is 4.86. The van der Waals surface area contributed by atoms with Crippen molar-refractivity contribution in [2.45, 2.75) is 46.1 Å². The highest BCUT2D eigenvalue weighted by molar-refractivity contribution is 5.08. The van der Waals surface area contributed by atoms with Crippen LogP contribution in [0.1, 0.15) is 37.1 Å². The first kappa shape index (κ1) is 11.6. The summed E-state index contributed by atoms with van der Waals surface area (Å²) in [6.07, 6.45) is 7.43. The zero-order chi connectivity index (χ0) is 11.4. The largest absolute Gasteiger partial charge is 0.335 e. The van der Waals surface area contributed by atoms with Gasteiger partial charge in [0.2, 0.25) is 0 Å². The molecule has 0 radical (unpaired) electrons. The highest BCUT2D eigenvalue weighted by atomic mass is 15.1. The summed E-state index contributed by atoms with van der Waals surface area (Å²) in [5.41, 5.74) is 2.48. The predicted molar refractivity (Wildman–Crippen MR) is 66.6 cm³/mol. The Morgan fingerprint density at radius 2 is 1.88 bits per heavy atom. The van der Waals surface area contributed by atoms with Gasteiger partial charge in [0.25, 0.3) is 0 Å². The van der Waals surface area contributed by atoms with Crippen LogP contribution in [-0.2, 0) is 6.54 Å². The molecule has 1 aromatic heterocycles. The maximum Gasteiger partial charge on any atom is 0.0951 e. The fourth-order valence-electron chi connectivity index (χ4n) is 2.42. The van der Waals surface area contributed by atoms with Crippen LogP contribution in [0.4, 0.5) is 0 Å². The minimum atomic E-state index is 1.11. The number of hydrogen-bond donors (Lipinski definition) is 0. The summed E-state index contributed by atoms with van der Waals surface area (Å²) < 4.78 is 2.28. The number of aryl methyl sites for hydroxylation is 2. The van der Waals surface area contributed by atoms with Crippen LogP contribution >= 0.6 is 0 Å². The average molecular weight is 221 g/mol. The molecule has 0 aliphatic carbocycles. The molecular formula is C13H23N3. The molecule has 3 nitrogen and oxygen atoms in total. The van der Waals surface area contributed by atoms with Gasteiger partial charge in [0.15, 0.2) is 0 Å². The van der Waals surface area contributed by atoms with Crippen LogP contribution in [0.2, 0.25) is 0 Å². The van der Waals surface area contributed by atoms with E-state index in [1.165, 1.54) is 51.0 Å². The number of imidazole rings is 1. The van der Waals surface area contributed by atoms with Gasteiger partial charge in [-0.2, -0.15) is 0 Å². The van der Waals surface area contributed by atoms with Crippen LogP contribution in [0.3, 0.4) is 0 Å². The molecule has 1 saturated heterocycles. The number of hydrogen-bond acceptors (Lipinski definition) is 2. The molecule has 2 heterocycles. The Kier molecular flexibility index (Phi) is 3.99. The Balaban J connectivity index is 1.73. The zero-order valence-corrected chi connectivity index (χ0v) is 10.6. The van der Waals surface area contributed by atoms with Crippen molar-refractivity contribution >= 4 is 0 Å². The summed E-state index contributed by atoms with van der Waals surface area (Å²) in [4.78, 5) is 6.93. The van der Waals surface area contributed by atoms with Crippen molar-refractivity contribution in [3.63, 3.8) is 0 Å². The summed E-state index contributed by atoms with van der Waals surface area (Å²) in [6, 6.07) is 0. The Bertz CT molecular complexity index is 324. The highest BCUT2D eigenvalue weighted by Crippen LogP contribution is 2.10. The summed E-state index contributed by atoms with van der Waals surface area (Å²) in [5.74, 6) is 0. The molecule has 0 atom stereocenters. The van der Waals surface area contributed by atoms with E-state index in [-0.39, 0.29) is 0 Å². The van der Waals surface area contributed by atoms with Gasteiger partial charge in [-0.25, -0.2) is 4.98 Å². The van der Waals surface area contributed by atoms with E-state index >= 15 is 0 Å². The van der Waals surface area contributed by atoms with Gasteiger partial charge in [-0.1, -0.05) is 6.42 Å². The molecule has 0 saturated carbocycles. The lowest BCUT2D eigenvalue weighted by molar-refractivity contribution is 0.222. The Morgan fingerprint density at radius 1 is 1.12 bits per heavy atom. The molecule has 1 aromatic rings. The Morgan fingerprint density at radius 3 is 2.50 bits per heavy atom. The first-order valence-electron chi connectivity index (χ1n) is 6.48. The summed E-state index contributed by atoms with van der Waals surface area (Å²) in [7, 11) is 0. The molecule has 0 spiro atoms. The predicted octanol–water partition coefficient (Wildman–Crippen LogP) is 2.38. The van der Waals surface area contributed by atoms with E-state index < -0.39 is 0 Å². The van der Waals surface area contributed by atoms with Gasteiger partial charge >= 0.3 is 0 Å². The van der Waals surface area contributed by atoms with Gasteiger partial charge in [0, 0.05) is 12.2 Å². The lowest BCUT2D eigenvalue weighted by Gasteiger charge is -2.26. The fraction of sp³-hybridized carbons (Fsp3) is 0.769. The summed E-state index contributed by atoms with van der Waals surface area (Å²) >= 11 is 0. The van der Waals surface area contributed by atoms with Crippen LogP contribution in [0.15, 0.2) is 6.33 Å². The summed E-state index contributed by atoms with van der Waals surface area (Å²) in [6.45, 7) is 9.21. The minimum absolute atomic E-state index is 1.11. The normalized spacial score (nSPS) is 17.9. The maximum atomic E-state index is 4.33. The number of aromatic nitrogens is 2. The molecule has 3 heteroatoms. The van der Waals surface area contributed by atoms with Crippen LogP contribution in [0, 0.1) is 13.8 Å². The van der Waals surface area contributed by atoms with Crippen molar-refractivity contribution in [3.8, 4) is 0 Å². The smallest absolute Gasteiger partial charge is 0.0951 e. The molecule has 1 fully saturated rings. The average Bonchev–Trinajstić information content (AvgIpc) is 2.62. The van der Waals surface area contributed by atoms with Crippen LogP contribution < -0.4 is 0 Å². The van der Waals surface area contributed by atoms with Gasteiger partial charge in [0.1, 0.15) is 0 Å². The van der Waals surface area contributed by atoms with Crippen molar-refractivity contribution in [1.82, 2.24) is 14.5 Å². The van der Waals surface area contributed by atoms with E-state index in [0.29, 0.717) is 0 Å². The molecule has 0 amide bonds. The van der Waals surface area contributed by atoms with E-state index in [2.05, 4.69) is 28.3 Å². The van der Waals surface area contributed by atoms with E-state index in [1.54, 1.807) is 0 Å². The lowest BCUT2D eigenvalue weighted by atomic mass is 10.1. The van der Waals surface area contributed by atoms with E-state index in [1.807, 2.05) is 6.33 Å². The van der Waals surface area contributed by atoms with Gasteiger partial charge in [-0.15, -0.1) is 0 Å². The van der Waals surface area contributed by atoms with Crippen molar-refractivity contribution < 1.29 is 0 Å². The molecule has 0 aromatic carbocycles. The van der Waals surface area contributed by atoms with Gasteiger partial charge < -0.3 is 9.47 Å². The molecule has 0 N–H and O–H groups in total. The second kappa shape index (κ2) is 5.48. The van der Waals surface area contributed by atoms with E-state index in [9.17, 15) is 0 Å². The summed E-state index contributed by atoms with van der Waals surface area (Å²) in [5, 5.41) is 0. The first-order chi connectivity index (χ1) is 7.77. The number of piperidine rings is 1. The molecule has 1 aliphatic rings. The van der Waals surface area contributed by atoms with Crippen molar-refractivity contribution in [1.29, 1.82) is 0 Å². The van der Waals surface area contributed by atoms with Crippen molar-refractivity contribution in [2.75, 3.05) is 19.6 Å². The minimum Gasteiger partial charge on any atom is -0.335 e. The van der Waals surface area contributed by atoms with Crippen LogP contribution in [0.5, 0.6) is 0 Å². The standard InChI is InChI=1S/C13H23N3/c1-12-13(2)16(11-14-12)10-6-9-15-7-4-3-5-8-15/h11H,3-10H2,1-2H3. The Hall–Kier alpha value is -0.830. The number of rotatable bonds is 4. The fourth-order valence-corrected chi connectivity index (χ4v) is 2.42. The molecule has 90 valence electrons. The molecule has 2 rings (SSSR count). The monoisotopic (exact) mass is 221 g/mol. The topological polar surface area (TPSA) is 21.1 Å². The molecule has 1 aliphatic heterocycles. The van der Waals surface area contributed by atoms with E-state index in [0.717, 1.165) is 12.2 Å². The number of nitrogens with zero attached hydrogens (tertiary/aromatic N) is 3. The van der Waals surface area contributed by atoms with Crippen molar-refractivity contribution in [3.05, 3.63) is 17.7 Å². The third-order valence-corrected chi connectivity index (χ3v) is 3.67.